The molecule has 1 atom stereocenters. The van der Waals surface area contributed by atoms with Gasteiger partial charge in [-0.05, 0) is 43.0 Å². The second-order valence-corrected chi connectivity index (χ2v) is 12.9. The number of nitrogens with one attached hydrogen (secondary N) is 1. The average Bonchev–Trinajstić information content (AvgIpc) is 3.48. The summed E-state index contributed by atoms with van der Waals surface area (Å²) in [5, 5.41) is 3.19. The number of carbonyl (C=O) groups excluding carboxylic acids is 2. The molecule has 3 aromatic carbocycles. The average molecular weight is 577 g/mol. The second kappa shape index (κ2) is 13.8. The monoisotopic (exact) mass is 576 g/mol. The van der Waals surface area contributed by atoms with E-state index >= 15 is 0 Å². The molecule has 41 heavy (non-hydrogen) atoms. The number of para-hydroxylation sites is 1. The van der Waals surface area contributed by atoms with Crippen molar-refractivity contribution in [2.75, 3.05) is 24.9 Å². The van der Waals surface area contributed by atoms with Crippen molar-refractivity contribution in [1.82, 2.24) is 14.5 Å². The number of anilines is 1. The normalized spacial score (nSPS) is 14.5. The fraction of sp³-hybridized carbons (Fsp3) is 0.375. The van der Waals surface area contributed by atoms with Crippen molar-refractivity contribution >= 4 is 27.7 Å². The van der Waals surface area contributed by atoms with Crippen molar-refractivity contribution in [2.45, 2.75) is 57.7 Å². The largest absolute Gasteiger partial charge is 0.352 e. The van der Waals surface area contributed by atoms with Crippen molar-refractivity contribution < 1.29 is 18.0 Å². The van der Waals surface area contributed by atoms with Gasteiger partial charge in [0.15, 0.2) is 0 Å². The van der Waals surface area contributed by atoms with Crippen LogP contribution in [0.1, 0.15) is 42.4 Å². The summed E-state index contributed by atoms with van der Waals surface area (Å²) in [5.41, 5.74) is 3.23. The first kappa shape index (κ1) is 30.3. The van der Waals surface area contributed by atoms with Crippen molar-refractivity contribution in [3.8, 4) is 0 Å². The Labute approximate surface area is 244 Å². The van der Waals surface area contributed by atoms with Crippen LogP contribution in [0.15, 0.2) is 84.9 Å². The summed E-state index contributed by atoms with van der Waals surface area (Å²) in [5.74, 6) is -0.676. The minimum atomic E-state index is -4.00. The number of hydrogen-bond donors (Lipinski definition) is 1. The molecule has 9 heteroatoms. The Balaban J connectivity index is 1.73. The van der Waals surface area contributed by atoms with E-state index in [0.29, 0.717) is 12.1 Å². The van der Waals surface area contributed by atoms with E-state index in [4.69, 9.17) is 0 Å². The number of carbonyl (C=O) groups is 2. The lowest BCUT2D eigenvalue weighted by Gasteiger charge is -2.35. The molecule has 1 aliphatic carbocycles. The molecule has 218 valence electrons. The summed E-state index contributed by atoms with van der Waals surface area (Å²) in [4.78, 5) is 29.7. The highest BCUT2D eigenvalue weighted by Gasteiger charge is 2.35. The maximum absolute atomic E-state index is 14.3. The SMILES string of the molecule is Cc1ccc(CN(C(=O)CN(c2ccccc2)S(=O)(=O)N(C)C)C(Cc2ccccc2)C(=O)NC2CCCC2)cc1. The van der Waals surface area contributed by atoms with Crippen LogP contribution in [0.3, 0.4) is 0 Å². The Kier molecular flexibility index (Phi) is 10.2. The van der Waals surface area contributed by atoms with Crippen molar-refractivity contribution in [3.05, 3.63) is 102 Å². The summed E-state index contributed by atoms with van der Waals surface area (Å²) in [6.07, 6.45) is 4.27. The minimum absolute atomic E-state index is 0.0760. The summed E-state index contributed by atoms with van der Waals surface area (Å²) >= 11 is 0. The molecule has 0 saturated heterocycles. The van der Waals surface area contributed by atoms with Crippen LogP contribution in [0, 0.1) is 6.92 Å². The van der Waals surface area contributed by atoms with Crippen LogP contribution in [0.5, 0.6) is 0 Å². The molecule has 1 aliphatic rings. The topological polar surface area (TPSA) is 90.0 Å². The van der Waals surface area contributed by atoms with Gasteiger partial charge in [0.1, 0.15) is 12.6 Å². The van der Waals surface area contributed by atoms with Crippen LogP contribution in [0.2, 0.25) is 0 Å². The zero-order valence-electron chi connectivity index (χ0n) is 24.1. The van der Waals surface area contributed by atoms with E-state index in [9.17, 15) is 18.0 Å². The minimum Gasteiger partial charge on any atom is -0.352 e. The molecule has 4 rings (SSSR count). The molecule has 8 nitrogen and oxygen atoms in total. The highest BCUT2D eigenvalue weighted by Crippen LogP contribution is 2.23. The third-order valence-corrected chi connectivity index (χ3v) is 9.33. The summed E-state index contributed by atoms with van der Waals surface area (Å²) in [7, 11) is -1.13. The van der Waals surface area contributed by atoms with Crippen molar-refractivity contribution in [2.24, 2.45) is 0 Å². The summed E-state index contributed by atoms with van der Waals surface area (Å²) in [6.45, 7) is 1.71. The number of nitrogens with zero attached hydrogens (tertiary/aromatic N) is 3. The van der Waals surface area contributed by atoms with Crippen molar-refractivity contribution in [3.63, 3.8) is 0 Å². The molecule has 0 aromatic heterocycles. The molecule has 1 fully saturated rings. The van der Waals surface area contributed by atoms with Gasteiger partial charge in [0, 0.05) is 33.1 Å². The highest BCUT2D eigenvalue weighted by molar-refractivity contribution is 7.90. The van der Waals surface area contributed by atoms with Gasteiger partial charge < -0.3 is 10.2 Å². The predicted octanol–water partition coefficient (Wildman–Crippen LogP) is 4.31. The van der Waals surface area contributed by atoms with Gasteiger partial charge in [-0.25, -0.2) is 4.31 Å². The summed E-state index contributed by atoms with van der Waals surface area (Å²) < 4.78 is 29.0. The molecule has 0 radical (unpaired) electrons. The quantitative estimate of drug-likeness (QED) is 0.348. The van der Waals surface area contributed by atoms with E-state index in [1.54, 1.807) is 35.2 Å². The first-order valence-corrected chi connectivity index (χ1v) is 15.5. The van der Waals surface area contributed by atoms with Crippen LogP contribution in [-0.4, -0.2) is 62.2 Å². The molecule has 1 unspecified atom stereocenters. The molecule has 0 aliphatic heterocycles. The Morgan fingerprint density at radius 1 is 0.854 bits per heavy atom. The highest BCUT2D eigenvalue weighted by atomic mass is 32.2. The Morgan fingerprint density at radius 2 is 1.44 bits per heavy atom. The lowest BCUT2D eigenvalue weighted by atomic mass is 10.0. The van der Waals surface area contributed by atoms with Gasteiger partial charge in [-0.2, -0.15) is 12.7 Å². The molecule has 3 aromatic rings. The van der Waals surface area contributed by atoms with Crippen LogP contribution in [0.25, 0.3) is 0 Å². The second-order valence-electron chi connectivity index (χ2n) is 10.8. The molecule has 0 bridgehead atoms. The van der Waals surface area contributed by atoms with E-state index in [0.717, 1.165) is 51.0 Å². The van der Waals surface area contributed by atoms with E-state index in [1.165, 1.54) is 14.1 Å². The maximum Gasteiger partial charge on any atom is 0.304 e. The van der Waals surface area contributed by atoms with Crippen molar-refractivity contribution in [1.29, 1.82) is 0 Å². The molecule has 1 saturated carbocycles. The molecular formula is C32H40N4O4S. The third-order valence-electron chi connectivity index (χ3n) is 7.51. The lowest BCUT2D eigenvalue weighted by molar-refractivity contribution is -0.140. The van der Waals surface area contributed by atoms with Crippen LogP contribution >= 0.6 is 0 Å². The van der Waals surface area contributed by atoms with Gasteiger partial charge in [-0.15, -0.1) is 0 Å². The van der Waals surface area contributed by atoms with E-state index in [2.05, 4.69) is 5.32 Å². The molecule has 1 N–H and O–H groups in total. The van der Waals surface area contributed by atoms with Gasteiger partial charge in [0.2, 0.25) is 11.8 Å². The number of amides is 2. The van der Waals surface area contributed by atoms with E-state index in [-0.39, 0.29) is 18.5 Å². The van der Waals surface area contributed by atoms with Gasteiger partial charge in [-0.3, -0.25) is 9.59 Å². The molecular weight excluding hydrogens is 536 g/mol. The standard InChI is InChI=1S/C32H40N4O4S/c1-25-18-20-27(21-19-25)23-35(31(37)24-36(41(39,40)34(2)3)29-16-8-5-9-17-29)30(22-26-12-6-4-7-13-26)32(38)33-28-14-10-11-15-28/h4-9,12-13,16-21,28,30H,10-11,14-15,22-24H2,1-3H3,(H,33,38). The van der Waals surface area contributed by atoms with Crippen LogP contribution in [-0.2, 0) is 32.8 Å². The Morgan fingerprint density at radius 3 is 2.02 bits per heavy atom. The van der Waals surface area contributed by atoms with Gasteiger partial charge in [0.25, 0.3) is 0 Å². The molecule has 0 spiro atoms. The predicted molar refractivity (Wildman–Crippen MR) is 162 cm³/mol. The third kappa shape index (κ3) is 7.95. The zero-order chi connectivity index (χ0) is 29.4. The number of benzene rings is 3. The molecule has 2 amide bonds. The maximum atomic E-state index is 14.3. The Hall–Kier alpha value is -3.69. The lowest BCUT2D eigenvalue weighted by Crippen LogP contribution is -2.55. The van der Waals surface area contributed by atoms with E-state index < -0.39 is 28.7 Å². The van der Waals surface area contributed by atoms with Gasteiger partial charge in [-0.1, -0.05) is 91.2 Å². The smallest absolute Gasteiger partial charge is 0.304 e. The van der Waals surface area contributed by atoms with Crippen LogP contribution < -0.4 is 9.62 Å². The first-order chi connectivity index (χ1) is 19.6. The number of rotatable bonds is 12. The molecule has 0 heterocycles. The number of hydrogen-bond acceptors (Lipinski definition) is 4. The number of aryl methyl sites for hydroxylation is 1. The van der Waals surface area contributed by atoms with Crippen LogP contribution in [0.4, 0.5) is 5.69 Å². The van der Waals surface area contributed by atoms with Gasteiger partial charge in [0.05, 0.1) is 5.69 Å². The zero-order valence-corrected chi connectivity index (χ0v) is 24.9. The van der Waals surface area contributed by atoms with Gasteiger partial charge >= 0.3 is 10.2 Å². The summed E-state index contributed by atoms with van der Waals surface area (Å²) in [6, 6.07) is 25.3. The Bertz CT molecular complexity index is 1390. The fourth-order valence-corrected chi connectivity index (χ4v) is 6.18. The first-order valence-electron chi connectivity index (χ1n) is 14.1. The fourth-order valence-electron chi connectivity index (χ4n) is 5.12. The van der Waals surface area contributed by atoms with E-state index in [1.807, 2.05) is 61.5 Å².